The largest absolute Gasteiger partial charge is 0.494 e. The van der Waals surface area contributed by atoms with Crippen LogP contribution in [0.3, 0.4) is 0 Å². The summed E-state index contributed by atoms with van der Waals surface area (Å²) in [5.41, 5.74) is 8.51. The molecule has 1 saturated heterocycles. The molecule has 2 atom stereocenters. The molecule has 7 rings (SSSR count). The van der Waals surface area contributed by atoms with Crippen LogP contribution in [0.25, 0.3) is 44.8 Å². The lowest BCUT2D eigenvalue weighted by atomic mass is 10.0. The molecule has 0 radical (unpaired) electrons. The molecule has 11 nitrogen and oxygen atoms in total. The maximum Gasteiger partial charge on any atom is 0.254 e. The van der Waals surface area contributed by atoms with E-state index in [4.69, 9.17) is 25.6 Å². The van der Waals surface area contributed by atoms with Crippen LogP contribution in [0, 0.1) is 17.6 Å². The zero-order chi connectivity index (χ0) is 33.4. The number of carbonyl (C=O) groups is 1. The molecule has 47 heavy (non-hydrogen) atoms. The van der Waals surface area contributed by atoms with Crippen LogP contribution in [0.15, 0.2) is 47.4 Å². The Labute approximate surface area is 268 Å². The van der Waals surface area contributed by atoms with Gasteiger partial charge in [-0.1, -0.05) is 0 Å². The van der Waals surface area contributed by atoms with Crippen LogP contribution in [-0.4, -0.2) is 70.7 Å². The Kier molecular flexibility index (Phi) is 7.52. The molecule has 4 N–H and O–H groups in total. The van der Waals surface area contributed by atoms with Gasteiger partial charge in [-0.15, -0.1) is 0 Å². The number of pyridine rings is 1. The van der Waals surface area contributed by atoms with Crippen molar-refractivity contribution in [1.82, 2.24) is 24.0 Å². The zero-order valence-electron chi connectivity index (χ0n) is 25.6. The first-order valence-corrected chi connectivity index (χ1v) is 16.6. The molecule has 3 aromatic heterocycles. The topological polar surface area (TPSA) is 151 Å². The van der Waals surface area contributed by atoms with Crippen LogP contribution < -0.4 is 15.6 Å². The number of hydrogen-bond donors (Lipinski definition) is 2. The Morgan fingerprint density at radius 1 is 1.06 bits per heavy atom. The number of halogens is 3. The number of benzene rings is 2. The number of likely N-dealkylation sites (tertiary alicyclic amines) is 1. The molecule has 0 unspecified atom stereocenters. The first kappa shape index (κ1) is 31.1. The quantitative estimate of drug-likeness (QED) is 0.265. The van der Waals surface area contributed by atoms with Gasteiger partial charge in [0.25, 0.3) is 5.91 Å². The highest BCUT2D eigenvalue weighted by molar-refractivity contribution is 7.89. The van der Waals surface area contributed by atoms with Gasteiger partial charge in [0.2, 0.25) is 10.0 Å². The number of aryl methyl sites for hydroxylation is 1. The molecule has 15 heteroatoms. The lowest BCUT2D eigenvalue weighted by Gasteiger charge is -2.33. The molecule has 4 heterocycles. The average molecular weight is 668 g/mol. The number of amides is 1. The van der Waals surface area contributed by atoms with Gasteiger partial charge in [0.05, 0.1) is 30.6 Å². The van der Waals surface area contributed by atoms with Crippen LogP contribution in [0.4, 0.5) is 13.2 Å². The SMILES string of the molecule is COc1cc(C(=O)N2C[C@H](N)C[C@@H](F)C2)cc2nc(-c3cc4ccc(-c5cc(S(N)(=O)=O)c(F)cc5F)nc4n3CC3CC3)n(C)c12. The molecular formula is C32H32F3N7O4S. The Bertz CT molecular complexity index is 2190. The highest BCUT2D eigenvalue weighted by Crippen LogP contribution is 2.38. The second kappa shape index (κ2) is 11.3. The van der Waals surface area contributed by atoms with Crippen molar-refractivity contribution < 1.29 is 31.1 Å². The van der Waals surface area contributed by atoms with Gasteiger partial charge in [0.1, 0.15) is 39.6 Å². The Morgan fingerprint density at radius 3 is 2.51 bits per heavy atom. The minimum atomic E-state index is -4.46. The fraction of sp³-hybridized carbons (Fsp3) is 0.344. The van der Waals surface area contributed by atoms with E-state index >= 15 is 0 Å². The number of primary sulfonamides is 1. The van der Waals surface area contributed by atoms with Crippen LogP contribution in [0.2, 0.25) is 0 Å². The second-order valence-corrected chi connectivity index (χ2v) is 13.9. The highest BCUT2D eigenvalue weighted by Gasteiger charge is 2.31. The van der Waals surface area contributed by atoms with Crippen molar-refractivity contribution in [1.29, 1.82) is 0 Å². The summed E-state index contributed by atoms with van der Waals surface area (Å²) >= 11 is 0. The number of rotatable bonds is 7. The van der Waals surface area contributed by atoms with Gasteiger partial charge in [-0.25, -0.2) is 36.7 Å². The van der Waals surface area contributed by atoms with Crippen LogP contribution in [0.5, 0.6) is 5.75 Å². The highest BCUT2D eigenvalue weighted by atomic mass is 32.2. The van der Waals surface area contributed by atoms with Gasteiger partial charge in [0, 0.05) is 48.8 Å². The summed E-state index contributed by atoms with van der Waals surface area (Å²) in [4.78, 5) is 23.7. The number of carbonyl (C=O) groups excluding carboxylic acids is 1. The summed E-state index contributed by atoms with van der Waals surface area (Å²) in [5.74, 6) is -1.29. The molecule has 2 aliphatic rings. The number of methoxy groups -OCH3 is 1. The number of imidazole rings is 1. The number of fused-ring (bicyclic) bond motifs is 2. The fourth-order valence-corrected chi connectivity index (χ4v) is 7.00. The number of ether oxygens (including phenoxy) is 1. The monoisotopic (exact) mass is 667 g/mol. The second-order valence-electron chi connectivity index (χ2n) is 12.3. The third-order valence-corrected chi connectivity index (χ3v) is 9.76. The van der Waals surface area contributed by atoms with E-state index in [0.717, 1.165) is 24.3 Å². The number of sulfonamides is 1. The third-order valence-electron chi connectivity index (χ3n) is 8.84. The van der Waals surface area contributed by atoms with Gasteiger partial charge < -0.3 is 24.5 Å². The summed E-state index contributed by atoms with van der Waals surface area (Å²) in [6, 6.07) is 9.31. The van der Waals surface area contributed by atoms with Crippen LogP contribution in [-0.2, 0) is 23.6 Å². The predicted molar refractivity (Wildman–Crippen MR) is 169 cm³/mol. The van der Waals surface area contributed by atoms with Crippen LogP contribution >= 0.6 is 0 Å². The van der Waals surface area contributed by atoms with Gasteiger partial charge in [0.15, 0.2) is 5.82 Å². The van der Waals surface area contributed by atoms with Crippen molar-refractivity contribution in [2.45, 2.75) is 42.9 Å². The number of alkyl halides is 1. The Morgan fingerprint density at radius 2 is 1.83 bits per heavy atom. The molecule has 0 bridgehead atoms. The number of piperidine rings is 1. The predicted octanol–water partition coefficient (Wildman–Crippen LogP) is 4.11. The standard InChI is InChI=1S/C32H32F3N7O4S/c1-40-29-25(7-18(9-27(29)46-2)32(43)41-14-19(33)10-20(36)15-41)39-31(40)26-8-17-5-6-24(38-30(17)42(26)13-16-3-4-16)21-11-28(47(37,44)45)23(35)12-22(21)34/h5-9,11-12,16,19-20H,3-4,10,13-15,36H2,1-2H3,(H2,37,44,45)/t19-,20-/m1/s1. The lowest BCUT2D eigenvalue weighted by molar-refractivity contribution is 0.0606. The van der Waals surface area contributed by atoms with E-state index in [1.807, 2.05) is 22.2 Å². The fourth-order valence-electron chi connectivity index (χ4n) is 6.39. The van der Waals surface area contributed by atoms with E-state index in [0.29, 0.717) is 58.0 Å². The molecule has 246 valence electrons. The van der Waals surface area contributed by atoms with Gasteiger partial charge in [-0.3, -0.25) is 4.79 Å². The van der Waals surface area contributed by atoms with E-state index in [9.17, 15) is 26.4 Å². The minimum Gasteiger partial charge on any atom is -0.494 e. The number of nitrogens with zero attached hydrogens (tertiary/aromatic N) is 5. The molecule has 1 amide bonds. The van der Waals surface area contributed by atoms with Gasteiger partial charge in [-0.05, 0) is 61.6 Å². The first-order valence-electron chi connectivity index (χ1n) is 15.1. The van der Waals surface area contributed by atoms with E-state index in [1.54, 1.807) is 18.2 Å². The van der Waals surface area contributed by atoms with Gasteiger partial charge in [-0.2, -0.15) is 0 Å². The summed E-state index contributed by atoms with van der Waals surface area (Å²) < 4.78 is 77.0. The molecular weight excluding hydrogens is 635 g/mol. The molecule has 1 aliphatic heterocycles. The molecule has 5 aromatic rings. The molecule has 2 fully saturated rings. The summed E-state index contributed by atoms with van der Waals surface area (Å²) in [6.45, 7) is 0.795. The summed E-state index contributed by atoms with van der Waals surface area (Å²) in [6.07, 6.45) is 1.04. The van der Waals surface area contributed by atoms with Gasteiger partial charge >= 0.3 is 0 Å². The normalized spacial score (nSPS) is 18.7. The summed E-state index contributed by atoms with van der Waals surface area (Å²) in [7, 11) is -1.13. The Balaban J connectivity index is 1.35. The maximum atomic E-state index is 15.0. The van der Waals surface area contributed by atoms with Crippen LogP contribution in [0.1, 0.15) is 29.6 Å². The first-order chi connectivity index (χ1) is 22.3. The zero-order valence-corrected chi connectivity index (χ0v) is 26.4. The van der Waals surface area contributed by atoms with Crippen molar-refractivity contribution >= 4 is 38.0 Å². The van der Waals surface area contributed by atoms with Crippen molar-refractivity contribution in [3.63, 3.8) is 0 Å². The van der Waals surface area contributed by atoms with Crippen molar-refractivity contribution in [3.05, 3.63) is 59.7 Å². The maximum absolute atomic E-state index is 15.0. The van der Waals surface area contributed by atoms with E-state index in [-0.39, 0.29) is 36.7 Å². The van der Waals surface area contributed by atoms with Crippen molar-refractivity contribution in [2.24, 2.45) is 23.8 Å². The van der Waals surface area contributed by atoms with E-state index in [2.05, 4.69) is 0 Å². The average Bonchev–Trinajstić information content (AvgIpc) is 3.68. The third kappa shape index (κ3) is 5.61. The number of nitrogens with two attached hydrogens (primary N) is 2. The smallest absolute Gasteiger partial charge is 0.254 e. The van der Waals surface area contributed by atoms with Crippen molar-refractivity contribution in [3.8, 4) is 28.5 Å². The molecule has 1 aliphatic carbocycles. The minimum absolute atomic E-state index is 0.0399. The number of aromatic nitrogens is 4. The lowest BCUT2D eigenvalue weighted by Crippen LogP contribution is -2.50. The van der Waals surface area contributed by atoms with E-state index < -0.39 is 38.8 Å². The van der Waals surface area contributed by atoms with Crippen molar-refractivity contribution in [2.75, 3.05) is 20.2 Å². The Hall–Kier alpha value is -4.47. The summed E-state index contributed by atoms with van der Waals surface area (Å²) in [5, 5.41) is 5.88. The van der Waals surface area contributed by atoms with E-state index in [1.165, 1.54) is 18.1 Å². The molecule has 0 spiro atoms. The molecule has 1 saturated carbocycles. The molecule has 2 aromatic carbocycles. The number of hydrogen-bond acceptors (Lipinski definition) is 7.